The number of hydrogen-bond acceptors (Lipinski definition) is 4. The second kappa shape index (κ2) is 6.88. The summed E-state index contributed by atoms with van der Waals surface area (Å²) in [6.45, 7) is 3.49. The molecule has 3 rings (SSSR count). The van der Waals surface area contributed by atoms with E-state index in [0.29, 0.717) is 0 Å². The van der Waals surface area contributed by atoms with Crippen LogP contribution in [0.4, 0.5) is 23.7 Å². The first-order valence-electron chi connectivity index (χ1n) is 8.01. The van der Waals surface area contributed by atoms with Crippen molar-refractivity contribution in [2.45, 2.75) is 36.2 Å². The molecule has 1 aliphatic heterocycles. The van der Waals surface area contributed by atoms with Crippen molar-refractivity contribution in [1.29, 1.82) is 0 Å². The molecule has 5 nitrogen and oxygen atoms in total. The highest BCUT2D eigenvalue weighted by Crippen LogP contribution is 2.38. The maximum absolute atomic E-state index is 12.9. The van der Waals surface area contributed by atoms with Crippen LogP contribution < -0.4 is 10.2 Å². The first-order chi connectivity index (χ1) is 12.6. The fraction of sp³-hybridized carbons (Fsp3) is 0.278. The highest BCUT2D eigenvalue weighted by atomic mass is 32.2. The number of alkyl halides is 3. The number of amides is 3. The van der Waals surface area contributed by atoms with E-state index in [1.807, 2.05) is 6.92 Å². The third-order valence-electron chi connectivity index (χ3n) is 4.27. The summed E-state index contributed by atoms with van der Waals surface area (Å²) < 4.78 is 37.3. The van der Waals surface area contributed by atoms with Crippen LogP contribution in [0.3, 0.4) is 0 Å². The lowest BCUT2D eigenvalue weighted by Gasteiger charge is -2.22. The maximum atomic E-state index is 12.9. The van der Waals surface area contributed by atoms with Gasteiger partial charge in [-0.05, 0) is 67.1 Å². The topological polar surface area (TPSA) is 62.3 Å². The zero-order valence-corrected chi connectivity index (χ0v) is 15.3. The van der Waals surface area contributed by atoms with E-state index in [1.54, 1.807) is 25.4 Å². The molecule has 0 aliphatic carbocycles. The van der Waals surface area contributed by atoms with Gasteiger partial charge in [0.15, 0.2) is 0 Å². The van der Waals surface area contributed by atoms with Crippen molar-refractivity contribution in [1.82, 2.24) is 10.3 Å². The molecule has 1 N–H and O–H groups in total. The molecule has 1 atom stereocenters. The Morgan fingerprint density at radius 2 is 1.85 bits per heavy atom. The van der Waals surface area contributed by atoms with E-state index < -0.39 is 23.0 Å². The number of carbonyl (C=O) groups is 2. The Balaban J connectivity index is 1.82. The van der Waals surface area contributed by atoms with Crippen molar-refractivity contribution in [2.75, 3.05) is 4.90 Å². The Kier molecular flexibility index (Phi) is 4.90. The molecule has 1 fully saturated rings. The molecule has 0 saturated carbocycles. The minimum atomic E-state index is -4.40. The summed E-state index contributed by atoms with van der Waals surface area (Å²) in [5.74, 6) is -0.458. The molecule has 3 amide bonds. The van der Waals surface area contributed by atoms with Crippen LogP contribution >= 0.6 is 11.8 Å². The predicted octanol–water partition coefficient (Wildman–Crippen LogP) is 4.06. The number of pyridine rings is 1. The lowest BCUT2D eigenvalue weighted by Crippen LogP contribution is -2.46. The third kappa shape index (κ3) is 4.08. The van der Waals surface area contributed by atoms with Crippen LogP contribution in [0.15, 0.2) is 47.6 Å². The van der Waals surface area contributed by atoms with Gasteiger partial charge in [-0.15, -0.1) is 0 Å². The number of carbonyl (C=O) groups excluding carboxylic acids is 2. The van der Waals surface area contributed by atoms with Gasteiger partial charge in [-0.3, -0.25) is 9.78 Å². The lowest BCUT2D eigenvalue weighted by atomic mass is 9.91. The standard InChI is InChI=1S/C18H16F3N3O2S/c1-11-10-22-8-7-12(11)9-17(2)15(25)24(16(26)23-17)13-3-5-14(6-4-13)27-18(19,20)21/h3-8,10H,9H2,1-2H3,(H,23,26). The van der Waals surface area contributed by atoms with Gasteiger partial charge < -0.3 is 5.32 Å². The van der Waals surface area contributed by atoms with Gasteiger partial charge in [-0.25, -0.2) is 9.69 Å². The number of rotatable bonds is 4. The van der Waals surface area contributed by atoms with Gasteiger partial charge in [0.1, 0.15) is 5.54 Å². The summed E-state index contributed by atoms with van der Waals surface area (Å²) in [5, 5.41) is 2.69. The fourth-order valence-corrected chi connectivity index (χ4v) is 3.46. The van der Waals surface area contributed by atoms with Crippen LogP contribution in [0.25, 0.3) is 0 Å². The number of anilines is 1. The molecule has 1 saturated heterocycles. The minimum absolute atomic E-state index is 0.0199. The molecule has 1 aromatic heterocycles. The summed E-state index contributed by atoms with van der Waals surface area (Å²) >= 11 is -0.253. The zero-order valence-electron chi connectivity index (χ0n) is 14.5. The summed E-state index contributed by atoms with van der Waals surface area (Å²) in [4.78, 5) is 30.2. The van der Waals surface area contributed by atoms with Gasteiger partial charge in [0.25, 0.3) is 5.91 Å². The van der Waals surface area contributed by atoms with E-state index >= 15 is 0 Å². The molecule has 2 aromatic rings. The van der Waals surface area contributed by atoms with Crippen molar-refractivity contribution >= 4 is 29.4 Å². The number of benzene rings is 1. The molecule has 1 aliphatic rings. The van der Waals surface area contributed by atoms with Gasteiger partial charge in [-0.1, -0.05) is 0 Å². The minimum Gasteiger partial charge on any atom is -0.323 e. The monoisotopic (exact) mass is 395 g/mol. The highest BCUT2D eigenvalue weighted by Gasteiger charge is 2.48. The third-order valence-corrected chi connectivity index (χ3v) is 5.01. The van der Waals surface area contributed by atoms with Crippen molar-refractivity contribution < 1.29 is 22.8 Å². The summed E-state index contributed by atoms with van der Waals surface area (Å²) in [5.41, 5.74) is -3.56. The Labute approximate surface area is 158 Å². The van der Waals surface area contributed by atoms with E-state index in [2.05, 4.69) is 10.3 Å². The fourth-order valence-electron chi connectivity index (χ4n) is 2.92. The van der Waals surface area contributed by atoms with Crippen LogP contribution in [0.2, 0.25) is 0 Å². The van der Waals surface area contributed by atoms with Crippen molar-refractivity contribution in [2.24, 2.45) is 0 Å². The molecule has 0 bridgehead atoms. The van der Waals surface area contributed by atoms with Crippen LogP contribution in [0.1, 0.15) is 18.1 Å². The van der Waals surface area contributed by atoms with E-state index in [1.165, 1.54) is 24.3 Å². The number of nitrogens with one attached hydrogen (secondary N) is 1. The molecule has 27 heavy (non-hydrogen) atoms. The van der Waals surface area contributed by atoms with E-state index in [9.17, 15) is 22.8 Å². The van der Waals surface area contributed by atoms with Crippen molar-refractivity contribution in [3.8, 4) is 0 Å². The number of urea groups is 1. The SMILES string of the molecule is Cc1cnccc1CC1(C)NC(=O)N(c2ccc(SC(F)(F)F)cc2)C1=O. The molecule has 1 aromatic carbocycles. The first kappa shape index (κ1) is 19.2. The van der Waals surface area contributed by atoms with Crippen LogP contribution in [0.5, 0.6) is 0 Å². The van der Waals surface area contributed by atoms with E-state index in [0.717, 1.165) is 16.0 Å². The smallest absolute Gasteiger partial charge is 0.323 e. The average Bonchev–Trinajstić information content (AvgIpc) is 2.78. The van der Waals surface area contributed by atoms with Crippen molar-refractivity contribution in [3.05, 3.63) is 53.9 Å². The number of aryl methyl sites for hydroxylation is 1. The molecule has 9 heteroatoms. The van der Waals surface area contributed by atoms with Gasteiger partial charge in [0, 0.05) is 23.7 Å². The Morgan fingerprint density at radius 1 is 1.19 bits per heavy atom. The highest BCUT2D eigenvalue weighted by molar-refractivity contribution is 8.00. The van der Waals surface area contributed by atoms with Crippen molar-refractivity contribution in [3.63, 3.8) is 0 Å². The molecule has 1 unspecified atom stereocenters. The quantitative estimate of drug-likeness (QED) is 0.627. The Bertz CT molecular complexity index is 886. The van der Waals surface area contributed by atoms with Crippen LogP contribution in [-0.4, -0.2) is 28.0 Å². The Hall–Kier alpha value is -2.55. The van der Waals surface area contributed by atoms with E-state index in [-0.39, 0.29) is 28.8 Å². The molecule has 2 heterocycles. The zero-order chi connectivity index (χ0) is 19.8. The molecule has 142 valence electrons. The van der Waals surface area contributed by atoms with Crippen LogP contribution in [-0.2, 0) is 11.2 Å². The Morgan fingerprint density at radius 3 is 2.44 bits per heavy atom. The number of nitrogens with zero attached hydrogens (tertiary/aromatic N) is 2. The molecule has 0 spiro atoms. The maximum Gasteiger partial charge on any atom is 0.446 e. The van der Waals surface area contributed by atoms with Gasteiger partial charge in [0.2, 0.25) is 0 Å². The average molecular weight is 395 g/mol. The number of halogens is 3. The van der Waals surface area contributed by atoms with E-state index in [4.69, 9.17) is 0 Å². The molecule has 0 radical (unpaired) electrons. The molecular formula is C18H16F3N3O2S. The summed E-state index contributed by atoms with van der Waals surface area (Å²) in [7, 11) is 0. The first-order valence-corrected chi connectivity index (χ1v) is 8.83. The number of thioether (sulfide) groups is 1. The molecular weight excluding hydrogens is 379 g/mol. The largest absolute Gasteiger partial charge is 0.446 e. The van der Waals surface area contributed by atoms with Gasteiger partial charge in [0.05, 0.1) is 5.69 Å². The number of imide groups is 1. The number of aromatic nitrogens is 1. The van der Waals surface area contributed by atoms with Crippen LogP contribution in [0, 0.1) is 6.92 Å². The number of hydrogen-bond donors (Lipinski definition) is 1. The normalized spacial score (nSPS) is 20.1. The van der Waals surface area contributed by atoms with Gasteiger partial charge in [-0.2, -0.15) is 13.2 Å². The summed E-state index contributed by atoms with van der Waals surface area (Å²) in [6.07, 6.45) is 3.57. The second-order valence-corrected chi connectivity index (χ2v) is 7.56. The second-order valence-electron chi connectivity index (χ2n) is 6.42. The summed E-state index contributed by atoms with van der Waals surface area (Å²) in [6, 6.07) is 6.30. The lowest BCUT2D eigenvalue weighted by molar-refractivity contribution is -0.121. The van der Waals surface area contributed by atoms with Gasteiger partial charge >= 0.3 is 11.5 Å². The predicted molar refractivity (Wildman–Crippen MR) is 95.5 cm³/mol.